The van der Waals surface area contributed by atoms with Gasteiger partial charge in [0.05, 0.1) is 15.8 Å². The monoisotopic (exact) mass is 355 g/mol. The number of nitrogens with zero attached hydrogens (tertiary/aromatic N) is 3. The number of carbonyl (C=O) groups excluding carboxylic acids is 1. The number of amides is 1. The summed E-state index contributed by atoms with van der Waals surface area (Å²) in [5.41, 5.74) is 0.654. The number of hydrogen-bond acceptors (Lipinski definition) is 4. The predicted molar refractivity (Wildman–Crippen MR) is 101 cm³/mol. The van der Waals surface area contributed by atoms with Gasteiger partial charge in [-0.05, 0) is 32.3 Å². The summed E-state index contributed by atoms with van der Waals surface area (Å²) in [6.45, 7) is 5.43. The van der Waals surface area contributed by atoms with Crippen molar-refractivity contribution >= 4 is 37.4 Å². The third kappa shape index (κ3) is 2.56. The molecule has 1 atom stereocenters. The maximum absolute atomic E-state index is 13.2. The van der Waals surface area contributed by atoms with Gasteiger partial charge in [0, 0.05) is 23.2 Å². The van der Waals surface area contributed by atoms with Crippen molar-refractivity contribution in [2.75, 3.05) is 13.1 Å². The van der Waals surface area contributed by atoms with Crippen LogP contribution in [0.25, 0.3) is 20.2 Å². The molecule has 1 aliphatic heterocycles. The van der Waals surface area contributed by atoms with E-state index in [4.69, 9.17) is 0 Å². The van der Waals surface area contributed by atoms with E-state index in [9.17, 15) is 9.59 Å². The molecule has 1 aliphatic rings. The molecule has 3 aromatic rings. The van der Waals surface area contributed by atoms with Crippen molar-refractivity contribution in [3.05, 3.63) is 40.3 Å². The van der Waals surface area contributed by atoms with Crippen LogP contribution in [-0.2, 0) is 4.79 Å². The molecule has 25 heavy (non-hydrogen) atoms. The van der Waals surface area contributed by atoms with Crippen LogP contribution in [0.15, 0.2) is 29.1 Å². The van der Waals surface area contributed by atoms with Crippen molar-refractivity contribution in [3.63, 3.8) is 0 Å². The molecule has 0 aliphatic carbocycles. The summed E-state index contributed by atoms with van der Waals surface area (Å²) in [5.74, 6) is 0.0212. The van der Waals surface area contributed by atoms with Gasteiger partial charge in [0.25, 0.3) is 5.56 Å². The van der Waals surface area contributed by atoms with Gasteiger partial charge in [0.1, 0.15) is 6.04 Å². The summed E-state index contributed by atoms with van der Waals surface area (Å²) in [6.07, 6.45) is 2.64. The molecule has 5 nitrogen and oxygen atoms in total. The molecule has 0 N–H and O–H groups in total. The van der Waals surface area contributed by atoms with Crippen molar-refractivity contribution in [1.29, 1.82) is 0 Å². The molecule has 0 bridgehead atoms. The largest absolute Gasteiger partial charge is 0.341 e. The summed E-state index contributed by atoms with van der Waals surface area (Å²) in [6, 6.07) is 7.40. The SMILES string of the molecule is CC[C@H](C(=O)N1CCCC1)n1nc(C)c2sc3ccccc3c2c1=O. The summed E-state index contributed by atoms with van der Waals surface area (Å²) in [4.78, 5) is 28.0. The Bertz CT molecular complexity index is 1010. The predicted octanol–water partition coefficient (Wildman–Crippen LogP) is 3.49. The van der Waals surface area contributed by atoms with Gasteiger partial charge in [-0.3, -0.25) is 9.59 Å². The standard InChI is InChI=1S/C19H21N3O2S/c1-3-14(18(23)21-10-6-7-11-21)22-19(24)16-13-8-4-5-9-15(13)25-17(16)12(2)20-22/h4-5,8-9,14H,3,6-7,10-11H2,1-2H3/t14-/m1/s1. The Kier molecular flexibility index (Phi) is 4.07. The maximum Gasteiger partial charge on any atom is 0.276 e. The van der Waals surface area contributed by atoms with Gasteiger partial charge in [-0.15, -0.1) is 11.3 Å². The second-order valence-corrected chi connectivity index (χ2v) is 7.65. The van der Waals surface area contributed by atoms with Gasteiger partial charge in [0.15, 0.2) is 0 Å². The fourth-order valence-electron chi connectivity index (χ4n) is 3.69. The van der Waals surface area contributed by atoms with Crippen LogP contribution in [0, 0.1) is 6.92 Å². The Morgan fingerprint density at radius 2 is 2.00 bits per heavy atom. The Balaban J connectivity index is 1.91. The lowest BCUT2D eigenvalue weighted by Crippen LogP contribution is -2.40. The molecular weight excluding hydrogens is 334 g/mol. The first-order valence-corrected chi connectivity index (χ1v) is 9.63. The Labute approximate surface area is 149 Å². The van der Waals surface area contributed by atoms with Crippen LogP contribution in [0.1, 0.15) is 37.9 Å². The van der Waals surface area contributed by atoms with Crippen LogP contribution in [0.4, 0.5) is 0 Å². The van der Waals surface area contributed by atoms with Gasteiger partial charge in [0.2, 0.25) is 5.91 Å². The minimum absolute atomic E-state index is 0.0212. The fourth-order valence-corrected chi connectivity index (χ4v) is 4.83. The average molecular weight is 355 g/mol. The highest BCUT2D eigenvalue weighted by Gasteiger charge is 2.29. The summed E-state index contributed by atoms with van der Waals surface area (Å²) < 4.78 is 3.43. The van der Waals surface area contributed by atoms with Crippen molar-refractivity contribution in [2.45, 2.75) is 39.2 Å². The van der Waals surface area contributed by atoms with E-state index in [1.54, 1.807) is 11.3 Å². The fraction of sp³-hybridized carbons (Fsp3) is 0.421. The molecular formula is C19H21N3O2S. The Morgan fingerprint density at radius 1 is 1.28 bits per heavy atom. The van der Waals surface area contributed by atoms with Crippen LogP contribution < -0.4 is 5.56 Å². The highest BCUT2D eigenvalue weighted by atomic mass is 32.1. The summed E-state index contributed by atoms with van der Waals surface area (Å²) in [5, 5.41) is 6.18. The minimum atomic E-state index is -0.521. The number of benzene rings is 1. The van der Waals surface area contributed by atoms with Gasteiger partial charge in [-0.1, -0.05) is 25.1 Å². The minimum Gasteiger partial charge on any atom is -0.341 e. The number of hydrogen-bond donors (Lipinski definition) is 0. The van der Waals surface area contributed by atoms with Crippen molar-refractivity contribution < 1.29 is 4.79 Å². The van der Waals surface area contributed by atoms with Crippen LogP contribution >= 0.6 is 11.3 Å². The summed E-state index contributed by atoms with van der Waals surface area (Å²) in [7, 11) is 0. The van der Waals surface area contributed by atoms with Crippen LogP contribution in [-0.4, -0.2) is 33.7 Å². The highest BCUT2D eigenvalue weighted by molar-refractivity contribution is 7.26. The first kappa shape index (κ1) is 16.3. The molecule has 1 amide bonds. The number of likely N-dealkylation sites (tertiary alicyclic amines) is 1. The zero-order valence-corrected chi connectivity index (χ0v) is 15.3. The van der Waals surface area contributed by atoms with E-state index in [1.807, 2.05) is 43.0 Å². The lowest BCUT2D eigenvalue weighted by Gasteiger charge is -2.23. The molecule has 0 spiro atoms. The molecule has 1 saturated heterocycles. The number of thiophene rings is 1. The second kappa shape index (κ2) is 6.26. The number of carbonyl (C=O) groups is 1. The molecule has 1 fully saturated rings. The lowest BCUT2D eigenvalue weighted by atomic mass is 10.1. The van der Waals surface area contributed by atoms with Crippen molar-refractivity contribution in [2.24, 2.45) is 0 Å². The smallest absolute Gasteiger partial charge is 0.276 e. The summed E-state index contributed by atoms with van der Waals surface area (Å²) >= 11 is 1.59. The van der Waals surface area contributed by atoms with E-state index in [-0.39, 0.29) is 11.5 Å². The molecule has 1 aromatic carbocycles. The Morgan fingerprint density at radius 3 is 2.72 bits per heavy atom. The Hall–Kier alpha value is -2.21. The van der Waals surface area contributed by atoms with Crippen molar-refractivity contribution in [3.8, 4) is 0 Å². The van der Waals surface area contributed by atoms with Crippen molar-refractivity contribution in [1.82, 2.24) is 14.7 Å². The first-order chi connectivity index (χ1) is 12.1. The zero-order valence-electron chi connectivity index (χ0n) is 14.5. The molecule has 2 aromatic heterocycles. The molecule has 0 radical (unpaired) electrons. The number of aryl methyl sites for hydroxylation is 1. The van der Waals surface area contributed by atoms with Crippen LogP contribution in [0.2, 0.25) is 0 Å². The molecule has 130 valence electrons. The molecule has 0 saturated carbocycles. The van der Waals surface area contributed by atoms with Crippen LogP contribution in [0.5, 0.6) is 0 Å². The quantitative estimate of drug-likeness (QED) is 0.723. The lowest BCUT2D eigenvalue weighted by molar-refractivity contribution is -0.134. The number of aromatic nitrogens is 2. The molecule has 4 rings (SSSR count). The molecule has 3 heterocycles. The number of rotatable bonds is 3. The van der Waals surface area contributed by atoms with E-state index in [0.29, 0.717) is 11.8 Å². The molecule has 0 unspecified atom stereocenters. The average Bonchev–Trinajstić information content (AvgIpc) is 3.27. The third-order valence-electron chi connectivity index (χ3n) is 4.99. The molecule has 6 heteroatoms. The van der Waals surface area contributed by atoms with Gasteiger partial charge < -0.3 is 4.90 Å². The van der Waals surface area contributed by atoms with Gasteiger partial charge in [-0.2, -0.15) is 5.10 Å². The van der Waals surface area contributed by atoms with E-state index in [0.717, 1.165) is 46.4 Å². The maximum atomic E-state index is 13.2. The van der Waals surface area contributed by atoms with Gasteiger partial charge >= 0.3 is 0 Å². The van der Waals surface area contributed by atoms with Gasteiger partial charge in [-0.25, -0.2) is 4.68 Å². The van der Waals surface area contributed by atoms with E-state index < -0.39 is 6.04 Å². The van der Waals surface area contributed by atoms with Crippen LogP contribution in [0.3, 0.4) is 0 Å². The zero-order chi connectivity index (χ0) is 17.6. The second-order valence-electron chi connectivity index (χ2n) is 6.59. The topological polar surface area (TPSA) is 55.2 Å². The van der Waals surface area contributed by atoms with E-state index in [1.165, 1.54) is 4.68 Å². The normalized spacial score (nSPS) is 16.0. The van der Waals surface area contributed by atoms with E-state index >= 15 is 0 Å². The number of fused-ring (bicyclic) bond motifs is 3. The first-order valence-electron chi connectivity index (χ1n) is 8.81. The van der Waals surface area contributed by atoms with E-state index in [2.05, 4.69) is 5.10 Å². The highest BCUT2D eigenvalue weighted by Crippen LogP contribution is 2.33. The third-order valence-corrected chi connectivity index (χ3v) is 6.27.